The Morgan fingerprint density at radius 3 is 3.19 bits per heavy atom. The van der Waals surface area contributed by atoms with Crippen LogP contribution in [-0.4, -0.2) is 36.2 Å². The maximum atomic E-state index is 11.4. The van der Waals surface area contributed by atoms with Crippen LogP contribution in [0.2, 0.25) is 0 Å². The quantitative estimate of drug-likeness (QED) is 0.720. The van der Waals surface area contributed by atoms with Crippen LogP contribution >= 0.6 is 0 Å². The van der Waals surface area contributed by atoms with Crippen LogP contribution in [-0.2, 0) is 11.3 Å². The molecule has 1 atom stereocenters. The van der Waals surface area contributed by atoms with Gasteiger partial charge in [-0.2, -0.15) is 0 Å². The fourth-order valence-corrected chi connectivity index (χ4v) is 1.85. The molecule has 6 nitrogen and oxygen atoms in total. The third kappa shape index (κ3) is 2.40. The Balaban J connectivity index is 2.23. The van der Waals surface area contributed by atoms with Crippen molar-refractivity contribution in [3.63, 3.8) is 0 Å². The lowest BCUT2D eigenvalue weighted by Crippen LogP contribution is -2.29. The number of ether oxygens (including phenoxy) is 1. The normalized spacial score (nSPS) is 20.4. The molecule has 0 spiro atoms. The number of methoxy groups -OCH3 is 1. The summed E-state index contributed by atoms with van der Waals surface area (Å²) in [6.45, 7) is 1.91. The molecule has 2 rings (SSSR count). The minimum atomic E-state index is -0.155. The number of nitrogens with zero attached hydrogens (tertiary/aromatic N) is 2. The van der Waals surface area contributed by atoms with Gasteiger partial charge in [-0.15, -0.1) is 0 Å². The van der Waals surface area contributed by atoms with Crippen LogP contribution in [0, 0.1) is 0 Å². The molecule has 0 unspecified atom stereocenters. The molecule has 1 aliphatic rings. The third-order valence-electron chi connectivity index (χ3n) is 2.60. The van der Waals surface area contributed by atoms with Crippen molar-refractivity contribution in [2.45, 2.75) is 19.1 Å². The molecule has 0 amide bonds. The van der Waals surface area contributed by atoms with E-state index in [4.69, 9.17) is 10.5 Å². The highest BCUT2D eigenvalue weighted by Crippen LogP contribution is 2.13. The summed E-state index contributed by atoms with van der Waals surface area (Å²) < 4.78 is 4.96. The first-order valence-electron chi connectivity index (χ1n) is 5.29. The molecule has 16 heavy (non-hydrogen) atoms. The molecular formula is C10H16N4O2. The monoisotopic (exact) mass is 224 g/mol. The van der Waals surface area contributed by atoms with E-state index in [0.29, 0.717) is 18.2 Å². The van der Waals surface area contributed by atoms with Gasteiger partial charge >= 0.3 is 0 Å². The molecule has 1 aliphatic heterocycles. The first kappa shape index (κ1) is 11.1. The minimum Gasteiger partial charge on any atom is -0.378 e. The first-order chi connectivity index (χ1) is 7.69. The topological polar surface area (TPSA) is 84.2 Å². The van der Waals surface area contributed by atoms with Gasteiger partial charge in [0, 0.05) is 32.3 Å². The van der Waals surface area contributed by atoms with Crippen molar-refractivity contribution in [3.05, 3.63) is 22.1 Å². The number of hydrogen-bond donors (Lipinski definition) is 2. The molecular weight excluding hydrogens is 208 g/mol. The number of anilines is 1. The summed E-state index contributed by atoms with van der Waals surface area (Å²) in [6, 6.07) is 1.61. The number of nitrogens with two attached hydrogens (primary N) is 1. The predicted molar refractivity (Wildman–Crippen MR) is 60.4 cm³/mol. The van der Waals surface area contributed by atoms with Gasteiger partial charge < -0.3 is 15.4 Å². The van der Waals surface area contributed by atoms with Crippen molar-refractivity contribution in [3.8, 4) is 0 Å². The van der Waals surface area contributed by atoms with Crippen molar-refractivity contribution in [1.29, 1.82) is 0 Å². The molecule has 3 N–H and O–H groups in total. The van der Waals surface area contributed by atoms with Gasteiger partial charge in [-0.25, -0.2) is 4.98 Å². The second-order valence-corrected chi connectivity index (χ2v) is 3.99. The molecule has 0 saturated carbocycles. The Hall–Kier alpha value is -1.40. The molecule has 0 radical (unpaired) electrons. The van der Waals surface area contributed by atoms with Gasteiger partial charge in [0.2, 0.25) is 5.95 Å². The Bertz CT molecular complexity index is 418. The highest BCUT2D eigenvalue weighted by atomic mass is 16.5. The molecule has 0 bridgehead atoms. The predicted octanol–water partition coefficient (Wildman–Crippen LogP) is -0.546. The Kier molecular flexibility index (Phi) is 3.21. The number of aromatic amines is 1. The average molecular weight is 224 g/mol. The van der Waals surface area contributed by atoms with Gasteiger partial charge in [0.1, 0.15) is 0 Å². The van der Waals surface area contributed by atoms with Crippen molar-refractivity contribution < 1.29 is 4.74 Å². The summed E-state index contributed by atoms with van der Waals surface area (Å²) in [5.74, 6) is 0.590. The van der Waals surface area contributed by atoms with Gasteiger partial charge in [0.15, 0.2) is 0 Å². The number of hydrogen-bond acceptors (Lipinski definition) is 5. The zero-order valence-electron chi connectivity index (χ0n) is 9.27. The van der Waals surface area contributed by atoms with Crippen molar-refractivity contribution in [2.24, 2.45) is 5.73 Å². The maximum Gasteiger partial charge on any atom is 0.252 e. The number of aromatic nitrogens is 2. The van der Waals surface area contributed by atoms with E-state index < -0.39 is 0 Å². The highest BCUT2D eigenvalue weighted by Gasteiger charge is 2.21. The van der Waals surface area contributed by atoms with Crippen LogP contribution in [0.25, 0.3) is 0 Å². The van der Waals surface area contributed by atoms with Gasteiger partial charge in [-0.1, -0.05) is 0 Å². The molecule has 6 heteroatoms. The smallest absolute Gasteiger partial charge is 0.252 e. The lowest BCUT2D eigenvalue weighted by Gasteiger charge is -2.16. The van der Waals surface area contributed by atoms with E-state index in [-0.39, 0.29) is 11.6 Å². The molecule has 1 fully saturated rings. The van der Waals surface area contributed by atoms with Gasteiger partial charge in [0.05, 0.1) is 12.3 Å². The summed E-state index contributed by atoms with van der Waals surface area (Å²) in [5.41, 5.74) is 6.30. The summed E-state index contributed by atoms with van der Waals surface area (Å²) in [5, 5.41) is 0. The van der Waals surface area contributed by atoms with Gasteiger partial charge in [0.25, 0.3) is 5.56 Å². The standard InChI is InChI=1S/C10H16N4O2/c1-16-6-8-4-9(15)13-10(12-8)14-3-2-7(11)5-14/h4,7H,2-3,5-6,11H2,1H3,(H,12,13,15)/t7-/m0/s1. The SMILES string of the molecule is COCc1cc(=O)[nH]c(N2CC[C@H](N)C2)n1. The number of rotatable bonds is 3. The molecule has 1 saturated heterocycles. The third-order valence-corrected chi connectivity index (χ3v) is 2.60. The maximum absolute atomic E-state index is 11.4. The second kappa shape index (κ2) is 4.63. The van der Waals surface area contributed by atoms with Crippen LogP contribution in [0.4, 0.5) is 5.95 Å². The van der Waals surface area contributed by atoms with E-state index in [9.17, 15) is 4.79 Å². The van der Waals surface area contributed by atoms with Gasteiger partial charge in [-0.05, 0) is 6.42 Å². The number of nitrogens with one attached hydrogen (secondary N) is 1. The average Bonchev–Trinajstić information content (AvgIpc) is 2.64. The van der Waals surface area contributed by atoms with E-state index in [1.54, 1.807) is 7.11 Å². The fraction of sp³-hybridized carbons (Fsp3) is 0.600. The Labute approximate surface area is 93.4 Å². The first-order valence-corrected chi connectivity index (χ1v) is 5.29. The number of H-pyrrole nitrogens is 1. The zero-order chi connectivity index (χ0) is 11.5. The van der Waals surface area contributed by atoms with E-state index in [1.165, 1.54) is 6.07 Å². The van der Waals surface area contributed by atoms with Crippen LogP contribution in [0.15, 0.2) is 10.9 Å². The minimum absolute atomic E-state index is 0.155. The fourth-order valence-electron chi connectivity index (χ4n) is 1.85. The molecule has 1 aromatic heterocycles. The van der Waals surface area contributed by atoms with Crippen LogP contribution < -0.4 is 16.2 Å². The zero-order valence-corrected chi connectivity index (χ0v) is 9.27. The lowest BCUT2D eigenvalue weighted by atomic mass is 10.3. The van der Waals surface area contributed by atoms with E-state index in [0.717, 1.165) is 19.5 Å². The molecule has 0 aromatic carbocycles. The van der Waals surface area contributed by atoms with Crippen LogP contribution in [0.5, 0.6) is 0 Å². The van der Waals surface area contributed by atoms with Gasteiger partial charge in [-0.3, -0.25) is 9.78 Å². The molecule has 88 valence electrons. The van der Waals surface area contributed by atoms with Crippen molar-refractivity contribution in [1.82, 2.24) is 9.97 Å². The van der Waals surface area contributed by atoms with Crippen LogP contribution in [0.3, 0.4) is 0 Å². The summed E-state index contributed by atoms with van der Waals surface area (Å²) in [6.07, 6.45) is 0.929. The Morgan fingerprint density at radius 2 is 2.56 bits per heavy atom. The molecule has 1 aromatic rings. The van der Waals surface area contributed by atoms with E-state index in [2.05, 4.69) is 9.97 Å². The highest BCUT2D eigenvalue weighted by molar-refractivity contribution is 5.32. The second-order valence-electron chi connectivity index (χ2n) is 3.99. The summed E-state index contributed by atoms with van der Waals surface area (Å²) in [4.78, 5) is 20.5. The van der Waals surface area contributed by atoms with Crippen molar-refractivity contribution in [2.75, 3.05) is 25.1 Å². The molecule has 2 heterocycles. The Morgan fingerprint density at radius 1 is 1.75 bits per heavy atom. The van der Waals surface area contributed by atoms with E-state index in [1.807, 2.05) is 4.90 Å². The van der Waals surface area contributed by atoms with Crippen molar-refractivity contribution >= 4 is 5.95 Å². The summed E-state index contributed by atoms with van der Waals surface area (Å²) in [7, 11) is 1.58. The van der Waals surface area contributed by atoms with Crippen LogP contribution in [0.1, 0.15) is 12.1 Å². The largest absolute Gasteiger partial charge is 0.378 e. The molecule has 0 aliphatic carbocycles. The summed E-state index contributed by atoms with van der Waals surface area (Å²) >= 11 is 0. The van der Waals surface area contributed by atoms with E-state index >= 15 is 0 Å². The lowest BCUT2D eigenvalue weighted by molar-refractivity contribution is 0.181.